The van der Waals surface area contributed by atoms with Gasteiger partial charge in [0.25, 0.3) is 0 Å². The normalized spacial score (nSPS) is 10.9. The lowest BCUT2D eigenvalue weighted by molar-refractivity contribution is 0.0652. The number of carboxylic acids is 1. The molecule has 0 atom stereocenters. The molecule has 90 valence electrons. The van der Waals surface area contributed by atoms with Crippen LogP contribution in [0, 0.1) is 0 Å². The molecule has 0 saturated heterocycles. The van der Waals surface area contributed by atoms with Crippen LogP contribution in [0.2, 0.25) is 0 Å². The number of fused-ring (bicyclic) bond motifs is 1. The number of aromatic amines is 1. The SMILES string of the molecule is O=C(O)c1cc(Cc2c[nH]c3ccccc23)no1. The first kappa shape index (κ1) is 10.6. The summed E-state index contributed by atoms with van der Waals surface area (Å²) in [6.45, 7) is 0. The Bertz CT molecular complexity index is 712. The molecule has 0 unspecified atom stereocenters. The van der Waals surface area contributed by atoms with Gasteiger partial charge in [-0.1, -0.05) is 23.4 Å². The van der Waals surface area contributed by atoms with Crippen LogP contribution < -0.4 is 0 Å². The lowest BCUT2D eigenvalue weighted by Gasteiger charge is -1.94. The number of hydrogen-bond donors (Lipinski definition) is 2. The molecular weight excluding hydrogens is 232 g/mol. The van der Waals surface area contributed by atoms with Gasteiger partial charge in [-0.15, -0.1) is 0 Å². The maximum atomic E-state index is 10.7. The van der Waals surface area contributed by atoms with Crippen LogP contribution >= 0.6 is 0 Å². The van der Waals surface area contributed by atoms with Crippen molar-refractivity contribution in [1.29, 1.82) is 0 Å². The second kappa shape index (κ2) is 4.03. The van der Waals surface area contributed by atoms with E-state index in [1.54, 1.807) is 0 Å². The fraction of sp³-hybridized carbons (Fsp3) is 0.0769. The third-order valence-corrected chi connectivity index (χ3v) is 2.82. The van der Waals surface area contributed by atoms with Gasteiger partial charge < -0.3 is 14.6 Å². The molecule has 0 radical (unpaired) electrons. The Kier molecular flexibility index (Phi) is 2.37. The lowest BCUT2D eigenvalue weighted by atomic mass is 10.1. The zero-order valence-corrected chi connectivity index (χ0v) is 9.38. The van der Waals surface area contributed by atoms with Crippen molar-refractivity contribution in [3.8, 4) is 0 Å². The summed E-state index contributed by atoms with van der Waals surface area (Å²) in [4.78, 5) is 13.9. The lowest BCUT2D eigenvalue weighted by Crippen LogP contribution is -1.92. The average Bonchev–Trinajstić information content (AvgIpc) is 2.98. The first-order valence-electron chi connectivity index (χ1n) is 5.48. The summed E-state index contributed by atoms with van der Waals surface area (Å²) in [6.07, 6.45) is 2.45. The molecule has 3 aromatic rings. The Balaban J connectivity index is 1.93. The standard InChI is InChI=1S/C13H10N2O3/c16-13(17)12-6-9(15-18-12)5-8-7-14-11-4-2-1-3-10(8)11/h1-4,6-7,14H,5H2,(H,16,17). The molecule has 2 heterocycles. The number of carboxylic acid groups (broad SMARTS) is 1. The van der Waals surface area contributed by atoms with E-state index in [9.17, 15) is 4.79 Å². The number of H-pyrrole nitrogens is 1. The number of nitrogens with zero attached hydrogens (tertiary/aromatic N) is 1. The van der Waals surface area contributed by atoms with Crippen LogP contribution in [0.15, 0.2) is 41.1 Å². The number of carbonyl (C=O) groups is 1. The molecule has 1 aromatic carbocycles. The van der Waals surface area contributed by atoms with Crippen molar-refractivity contribution in [3.05, 3.63) is 53.5 Å². The maximum absolute atomic E-state index is 10.7. The molecule has 0 spiro atoms. The van der Waals surface area contributed by atoms with Crippen molar-refractivity contribution in [2.45, 2.75) is 6.42 Å². The number of benzene rings is 1. The van der Waals surface area contributed by atoms with E-state index in [-0.39, 0.29) is 5.76 Å². The van der Waals surface area contributed by atoms with Crippen LogP contribution in [-0.4, -0.2) is 21.2 Å². The highest BCUT2D eigenvalue weighted by molar-refractivity contribution is 5.85. The Hall–Kier alpha value is -2.56. The van der Waals surface area contributed by atoms with Crippen LogP contribution in [0.4, 0.5) is 0 Å². The second-order valence-electron chi connectivity index (χ2n) is 4.02. The highest BCUT2D eigenvalue weighted by Gasteiger charge is 2.12. The Morgan fingerprint density at radius 3 is 3.00 bits per heavy atom. The fourth-order valence-corrected chi connectivity index (χ4v) is 1.97. The van der Waals surface area contributed by atoms with Crippen LogP contribution in [0.5, 0.6) is 0 Å². The van der Waals surface area contributed by atoms with Crippen LogP contribution in [0.25, 0.3) is 10.9 Å². The van der Waals surface area contributed by atoms with Crippen molar-refractivity contribution in [1.82, 2.24) is 10.1 Å². The molecule has 0 saturated carbocycles. The zero-order valence-electron chi connectivity index (χ0n) is 9.38. The molecule has 5 nitrogen and oxygen atoms in total. The Morgan fingerprint density at radius 2 is 2.22 bits per heavy atom. The predicted molar refractivity (Wildman–Crippen MR) is 64.6 cm³/mol. The summed E-state index contributed by atoms with van der Waals surface area (Å²) in [5, 5.41) is 13.6. The van der Waals surface area contributed by atoms with E-state index in [2.05, 4.69) is 10.1 Å². The Morgan fingerprint density at radius 1 is 1.39 bits per heavy atom. The van der Waals surface area contributed by atoms with Gasteiger partial charge in [-0.2, -0.15) is 0 Å². The first-order chi connectivity index (χ1) is 8.74. The minimum atomic E-state index is -1.10. The number of para-hydroxylation sites is 1. The van der Waals surface area contributed by atoms with Crippen molar-refractivity contribution in [2.75, 3.05) is 0 Å². The quantitative estimate of drug-likeness (QED) is 0.739. The number of aromatic carboxylic acids is 1. The van der Waals surface area contributed by atoms with E-state index < -0.39 is 5.97 Å². The highest BCUT2D eigenvalue weighted by atomic mass is 16.5. The molecular formula is C13H10N2O3. The molecule has 2 N–H and O–H groups in total. The largest absolute Gasteiger partial charge is 0.475 e. The molecule has 3 rings (SSSR count). The third kappa shape index (κ3) is 1.75. The van der Waals surface area contributed by atoms with Crippen molar-refractivity contribution < 1.29 is 14.4 Å². The smallest absolute Gasteiger partial charge is 0.374 e. The monoisotopic (exact) mass is 242 g/mol. The van der Waals surface area contributed by atoms with Gasteiger partial charge in [0.1, 0.15) is 0 Å². The summed E-state index contributed by atoms with van der Waals surface area (Å²) in [5.74, 6) is -1.24. The van der Waals surface area contributed by atoms with Crippen LogP contribution in [0.3, 0.4) is 0 Å². The number of nitrogens with one attached hydrogen (secondary N) is 1. The minimum Gasteiger partial charge on any atom is -0.475 e. The second-order valence-corrected chi connectivity index (χ2v) is 4.02. The molecule has 0 aliphatic carbocycles. The van der Waals surface area contributed by atoms with Gasteiger partial charge in [0.2, 0.25) is 5.76 Å². The van der Waals surface area contributed by atoms with Gasteiger partial charge in [0.05, 0.1) is 5.69 Å². The molecule has 0 fully saturated rings. The van der Waals surface area contributed by atoms with Gasteiger partial charge in [-0.25, -0.2) is 4.79 Å². The van der Waals surface area contributed by atoms with E-state index in [0.29, 0.717) is 12.1 Å². The Labute approximate surface area is 102 Å². The van der Waals surface area contributed by atoms with E-state index in [0.717, 1.165) is 16.5 Å². The number of hydrogen-bond acceptors (Lipinski definition) is 3. The van der Waals surface area contributed by atoms with E-state index in [1.165, 1.54) is 6.07 Å². The van der Waals surface area contributed by atoms with Gasteiger partial charge in [-0.3, -0.25) is 0 Å². The predicted octanol–water partition coefficient (Wildman–Crippen LogP) is 2.44. The topological polar surface area (TPSA) is 79.1 Å². The number of rotatable bonds is 3. The third-order valence-electron chi connectivity index (χ3n) is 2.82. The van der Waals surface area contributed by atoms with Gasteiger partial charge >= 0.3 is 5.97 Å². The highest BCUT2D eigenvalue weighted by Crippen LogP contribution is 2.20. The number of aromatic nitrogens is 2. The molecule has 0 aliphatic heterocycles. The summed E-state index contributed by atoms with van der Waals surface area (Å²) in [5.41, 5.74) is 2.72. The zero-order chi connectivity index (χ0) is 12.5. The average molecular weight is 242 g/mol. The van der Waals surface area contributed by atoms with Crippen LogP contribution in [-0.2, 0) is 6.42 Å². The summed E-state index contributed by atoms with van der Waals surface area (Å²) < 4.78 is 4.73. The van der Waals surface area contributed by atoms with Crippen molar-refractivity contribution >= 4 is 16.9 Å². The maximum Gasteiger partial charge on any atom is 0.374 e. The minimum absolute atomic E-state index is 0.134. The summed E-state index contributed by atoms with van der Waals surface area (Å²) in [6, 6.07) is 9.38. The van der Waals surface area contributed by atoms with E-state index in [4.69, 9.17) is 9.63 Å². The van der Waals surface area contributed by atoms with Crippen molar-refractivity contribution in [3.63, 3.8) is 0 Å². The van der Waals surface area contributed by atoms with Gasteiger partial charge in [-0.05, 0) is 11.6 Å². The van der Waals surface area contributed by atoms with Gasteiger partial charge in [0.15, 0.2) is 0 Å². The van der Waals surface area contributed by atoms with Crippen LogP contribution in [0.1, 0.15) is 21.8 Å². The molecule has 0 bridgehead atoms. The fourth-order valence-electron chi connectivity index (χ4n) is 1.97. The first-order valence-corrected chi connectivity index (χ1v) is 5.48. The molecule has 18 heavy (non-hydrogen) atoms. The molecule has 0 aliphatic rings. The van der Waals surface area contributed by atoms with Gasteiger partial charge in [0, 0.05) is 29.6 Å². The van der Waals surface area contributed by atoms with Crippen molar-refractivity contribution in [2.24, 2.45) is 0 Å². The molecule has 2 aromatic heterocycles. The molecule has 5 heteroatoms. The summed E-state index contributed by atoms with van der Waals surface area (Å²) >= 11 is 0. The summed E-state index contributed by atoms with van der Waals surface area (Å²) in [7, 11) is 0. The van der Waals surface area contributed by atoms with E-state index in [1.807, 2.05) is 30.5 Å². The van der Waals surface area contributed by atoms with E-state index >= 15 is 0 Å². The molecule has 0 amide bonds.